The molecule has 5 heteroatoms. The fourth-order valence-electron chi connectivity index (χ4n) is 2.80. The molecule has 0 radical (unpaired) electrons. The first-order chi connectivity index (χ1) is 9.97. The molecule has 0 spiro atoms. The van der Waals surface area contributed by atoms with Crippen molar-refractivity contribution in [3.05, 3.63) is 68.8 Å². The van der Waals surface area contributed by atoms with Crippen LogP contribution in [-0.4, -0.2) is 10.8 Å². The Morgan fingerprint density at radius 2 is 1.81 bits per heavy atom. The predicted molar refractivity (Wildman–Crippen MR) is 79.5 cm³/mol. The zero-order valence-corrected chi connectivity index (χ0v) is 11.8. The minimum Gasteiger partial charge on any atom is -0.304 e. The van der Waals surface area contributed by atoms with Crippen molar-refractivity contribution in [2.45, 2.75) is 20.4 Å². The molecule has 106 valence electrons. The standard InChI is InChI=1S/C16H14N2O3/c1-10-6-11(2)8-12(7-10)17-9-14-13(16(17)19)4-3-5-15(14)18(20)21/h3-8H,9H2,1-2H3. The topological polar surface area (TPSA) is 63.4 Å². The summed E-state index contributed by atoms with van der Waals surface area (Å²) >= 11 is 0. The van der Waals surface area contributed by atoms with Crippen molar-refractivity contribution < 1.29 is 9.72 Å². The first kappa shape index (κ1) is 13.3. The van der Waals surface area contributed by atoms with Gasteiger partial charge < -0.3 is 4.90 Å². The summed E-state index contributed by atoms with van der Waals surface area (Å²) in [5.41, 5.74) is 3.82. The second kappa shape index (κ2) is 4.70. The fraction of sp³-hybridized carbons (Fsp3) is 0.188. The molecule has 3 rings (SSSR count). The van der Waals surface area contributed by atoms with Crippen LogP contribution in [0.4, 0.5) is 11.4 Å². The van der Waals surface area contributed by atoms with E-state index in [9.17, 15) is 14.9 Å². The molecule has 2 aromatic rings. The van der Waals surface area contributed by atoms with E-state index >= 15 is 0 Å². The fourth-order valence-corrected chi connectivity index (χ4v) is 2.80. The van der Waals surface area contributed by atoms with Crippen LogP contribution in [0.3, 0.4) is 0 Å². The van der Waals surface area contributed by atoms with Gasteiger partial charge in [-0.1, -0.05) is 12.1 Å². The number of aryl methyl sites for hydroxylation is 2. The monoisotopic (exact) mass is 282 g/mol. The van der Waals surface area contributed by atoms with Crippen molar-refractivity contribution in [3.63, 3.8) is 0 Å². The molecular formula is C16H14N2O3. The van der Waals surface area contributed by atoms with Gasteiger partial charge in [0, 0.05) is 11.8 Å². The molecule has 1 aliphatic rings. The molecule has 21 heavy (non-hydrogen) atoms. The van der Waals surface area contributed by atoms with E-state index in [0.717, 1.165) is 16.8 Å². The minimum absolute atomic E-state index is 0.00715. The van der Waals surface area contributed by atoms with Crippen LogP contribution >= 0.6 is 0 Å². The lowest BCUT2D eigenvalue weighted by atomic mass is 10.1. The summed E-state index contributed by atoms with van der Waals surface area (Å²) in [4.78, 5) is 24.8. The largest absolute Gasteiger partial charge is 0.304 e. The van der Waals surface area contributed by atoms with Gasteiger partial charge in [-0.05, 0) is 43.2 Å². The minimum atomic E-state index is -0.433. The average Bonchev–Trinajstić information content (AvgIpc) is 2.75. The van der Waals surface area contributed by atoms with Crippen LogP contribution in [-0.2, 0) is 6.54 Å². The van der Waals surface area contributed by atoms with Gasteiger partial charge in [0.15, 0.2) is 0 Å². The Morgan fingerprint density at radius 1 is 1.14 bits per heavy atom. The molecule has 0 saturated carbocycles. The Kier molecular flexibility index (Phi) is 2.97. The van der Waals surface area contributed by atoms with E-state index in [1.165, 1.54) is 6.07 Å². The number of fused-ring (bicyclic) bond motifs is 1. The maximum atomic E-state index is 12.5. The SMILES string of the molecule is Cc1cc(C)cc(N2Cc3c(cccc3[N+](=O)[O-])C2=O)c1. The quantitative estimate of drug-likeness (QED) is 0.626. The van der Waals surface area contributed by atoms with E-state index in [1.54, 1.807) is 17.0 Å². The second-order valence-electron chi connectivity index (χ2n) is 5.30. The van der Waals surface area contributed by atoms with Crippen LogP contribution in [0.5, 0.6) is 0 Å². The van der Waals surface area contributed by atoms with Gasteiger partial charge >= 0.3 is 0 Å². The van der Waals surface area contributed by atoms with Crippen molar-refractivity contribution in [1.82, 2.24) is 0 Å². The number of carbonyl (C=O) groups excluding carboxylic acids is 1. The third kappa shape index (κ3) is 2.16. The van der Waals surface area contributed by atoms with E-state index in [1.807, 2.05) is 32.0 Å². The van der Waals surface area contributed by atoms with E-state index in [4.69, 9.17) is 0 Å². The molecule has 1 aliphatic heterocycles. The Labute approximate surface area is 122 Å². The highest BCUT2D eigenvalue weighted by molar-refractivity contribution is 6.10. The lowest BCUT2D eigenvalue weighted by Gasteiger charge is -2.17. The average molecular weight is 282 g/mol. The number of hydrogen-bond acceptors (Lipinski definition) is 3. The number of carbonyl (C=O) groups is 1. The number of nitro benzene ring substituents is 1. The van der Waals surface area contributed by atoms with Crippen LogP contribution < -0.4 is 4.90 Å². The highest BCUT2D eigenvalue weighted by Gasteiger charge is 2.33. The Bertz CT molecular complexity index is 748. The Hall–Kier alpha value is -2.69. The van der Waals surface area contributed by atoms with Crippen LogP contribution in [0, 0.1) is 24.0 Å². The van der Waals surface area contributed by atoms with Crippen LogP contribution in [0.15, 0.2) is 36.4 Å². The molecule has 1 heterocycles. The molecule has 0 bridgehead atoms. The van der Waals surface area contributed by atoms with Gasteiger partial charge in [-0.3, -0.25) is 14.9 Å². The lowest BCUT2D eigenvalue weighted by molar-refractivity contribution is -0.385. The molecule has 0 aromatic heterocycles. The lowest BCUT2D eigenvalue weighted by Crippen LogP contribution is -2.23. The molecule has 1 amide bonds. The Morgan fingerprint density at radius 3 is 2.43 bits per heavy atom. The molecule has 0 unspecified atom stereocenters. The van der Waals surface area contributed by atoms with Gasteiger partial charge in [0.05, 0.1) is 22.6 Å². The number of benzene rings is 2. The summed E-state index contributed by atoms with van der Waals surface area (Å²) in [5, 5.41) is 11.1. The summed E-state index contributed by atoms with van der Waals surface area (Å²) in [6.45, 7) is 4.17. The number of nitrogens with zero attached hydrogens (tertiary/aromatic N) is 2. The molecule has 2 aromatic carbocycles. The smallest absolute Gasteiger partial charge is 0.275 e. The highest BCUT2D eigenvalue weighted by atomic mass is 16.6. The maximum absolute atomic E-state index is 12.5. The van der Waals surface area contributed by atoms with Crippen LogP contribution in [0.25, 0.3) is 0 Å². The number of hydrogen-bond donors (Lipinski definition) is 0. The third-order valence-electron chi connectivity index (χ3n) is 3.66. The van der Waals surface area contributed by atoms with Gasteiger partial charge in [-0.15, -0.1) is 0 Å². The number of rotatable bonds is 2. The maximum Gasteiger partial charge on any atom is 0.275 e. The normalized spacial score (nSPS) is 13.4. The van der Waals surface area contributed by atoms with E-state index in [0.29, 0.717) is 11.1 Å². The van der Waals surface area contributed by atoms with Gasteiger partial charge in [0.25, 0.3) is 11.6 Å². The summed E-state index contributed by atoms with van der Waals surface area (Å²) in [7, 11) is 0. The molecule has 0 saturated heterocycles. The number of amides is 1. The van der Waals surface area contributed by atoms with Crippen molar-refractivity contribution in [3.8, 4) is 0 Å². The van der Waals surface area contributed by atoms with Crippen LogP contribution in [0.2, 0.25) is 0 Å². The first-order valence-electron chi connectivity index (χ1n) is 6.64. The number of nitro groups is 1. The van der Waals surface area contributed by atoms with Crippen molar-refractivity contribution in [2.24, 2.45) is 0 Å². The van der Waals surface area contributed by atoms with Crippen molar-refractivity contribution in [2.75, 3.05) is 4.90 Å². The van der Waals surface area contributed by atoms with Gasteiger partial charge in [0.1, 0.15) is 0 Å². The first-order valence-corrected chi connectivity index (χ1v) is 6.64. The molecule has 0 aliphatic carbocycles. The zero-order chi connectivity index (χ0) is 15.1. The summed E-state index contributed by atoms with van der Waals surface area (Å²) in [6.07, 6.45) is 0. The summed E-state index contributed by atoms with van der Waals surface area (Å²) in [5.74, 6) is -0.182. The molecule has 0 atom stereocenters. The summed E-state index contributed by atoms with van der Waals surface area (Å²) < 4.78 is 0. The third-order valence-corrected chi connectivity index (χ3v) is 3.66. The highest BCUT2D eigenvalue weighted by Crippen LogP contribution is 2.34. The predicted octanol–water partition coefficient (Wildman–Crippen LogP) is 3.37. The molecular weight excluding hydrogens is 268 g/mol. The zero-order valence-electron chi connectivity index (χ0n) is 11.8. The van der Waals surface area contributed by atoms with Crippen molar-refractivity contribution in [1.29, 1.82) is 0 Å². The van der Waals surface area contributed by atoms with Gasteiger partial charge in [0.2, 0.25) is 0 Å². The second-order valence-corrected chi connectivity index (χ2v) is 5.30. The molecule has 5 nitrogen and oxygen atoms in total. The van der Waals surface area contributed by atoms with Crippen molar-refractivity contribution >= 4 is 17.3 Å². The van der Waals surface area contributed by atoms with Gasteiger partial charge in [-0.2, -0.15) is 0 Å². The summed E-state index contributed by atoms with van der Waals surface area (Å²) in [6, 6.07) is 10.5. The van der Waals surface area contributed by atoms with E-state index in [2.05, 4.69) is 0 Å². The van der Waals surface area contributed by atoms with Gasteiger partial charge in [-0.25, -0.2) is 0 Å². The molecule has 0 fully saturated rings. The number of anilines is 1. The molecule has 0 N–H and O–H groups in total. The van der Waals surface area contributed by atoms with Crippen LogP contribution in [0.1, 0.15) is 27.0 Å². The van der Waals surface area contributed by atoms with E-state index in [-0.39, 0.29) is 18.1 Å². The Balaban J connectivity index is 2.08. The van der Waals surface area contributed by atoms with E-state index < -0.39 is 4.92 Å².